The van der Waals surface area contributed by atoms with E-state index in [4.69, 9.17) is 5.11 Å². The van der Waals surface area contributed by atoms with Crippen LogP contribution < -0.4 is 10.6 Å². The highest BCUT2D eigenvalue weighted by molar-refractivity contribution is 4.76. The Morgan fingerprint density at radius 2 is 2.13 bits per heavy atom. The van der Waals surface area contributed by atoms with E-state index in [2.05, 4.69) is 10.6 Å². The molecule has 2 unspecified atom stereocenters. The van der Waals surface area contributed by atoms with Gasteiger partial charge in [0.2, 0.25) is 0 Å². The van der Waals surface area contributed by atoms with Gasteiger partial charge in [-0.05, 0) is 19.4 Å². The Morgan fingerprint density at radius 1 is 1.40 bits per heavy atom. The first-order valence-corrected chi connectivity index (χ1v) is 5.19. The predicted molar refractivity (Wildman–Crippen MR) is 50.6 cm³/mol. The lowest BCUT2D eigenvalue weighted by Gasteiger charge is -2.24. The van der Waals surface area contributed by atoms with Gasteiger partial charge in [0, 0.05) is 19.1 Å². The highest BCUT2D eigenvalue weighted by Crippen LogP contribution is 2.19. The van der Waals surface area contributed by atoms with Crippen LogP contribution in [0.25, 0.3) is 0 Å². The molecule has 1 aliphatic heterocycles. The molecule has 3 nitrogen and oxygen atoms in total. The Balaban J connectivity index is 2.10. The van der Waals surface area contributed by atoms with E-state index >= 15 is 0 Å². The molecular formula is C9H17F3N2O. The second kappa shape index (κ2) is 5.67. The lowest BCUT2D eigenvalue weighted by atomic mass is 10.1. The summed E-state index contributed by atoms with van der Waals surface area (Å²) in [6.07, 6.45) is -3.56. The second-order valence-electron chi connectivity index (χ2n) is 3.86. The summed E-state index contributed by atoms with van der Waals surface area (Å²) in [5.74, 6) is 0. The van der Waals surface area contributed by atoms with Crippen LogP contribution in [-0.2, 0) is 0 Å². The maximum Gasteiger partial charge on any atom is 0.415 e. The summed E-state index contributed by atoms with van der Waals surface area (Å²) in [5.41, 5.74) is 0. The van der Waals surface area contributed by atoms with Crippen LogP contribution in [0.15, 0.2) is 0 Å². The van der Waals surface area contributed by atoms with Crippen LogP contribution in [0.3, 0.4) is 0 Å². The number of piperidine rings is 1. The number of nitrogens with one attached hydrogen (secondary N) is 2. The van der Waals surface area contributed by atoms with Gasteiger partial charge in [-0.3, -0.25) is 0 Å². The first-order valence-electron chi connectivity index (χ1n) is 5.19. The molecule has 0 aromatic carbocycles. The highest BCUT2D eigenvalue weighted by Gasteiger charge is 2.37. The molecule has 90 valence electrons. The molecule has 0 aromatic rings. The summed E-state index contributed by atoms with van der Waals surface area (Å²) in [6.45, 7) is 0.975. The molecule has 2 atom stereocenters. The van der Waals surface area contributed by atoms with Crippen molar-refractivity contribution in [2.24, 2.45) is 0 Å². The molecule has 15 heavy (non-hydrogen) atoms. The van der Waals surface area contributed by atoms with Crippen molar-refractivity contribution >= 4 is 0 Å². The molecule has 0 spiro atoms. The molecule has 0 bridgehead atoms. The second-order valence-corrected chi connectivity index (χ2v) is 3.86. The number of hydrogen-bond acceptors (Lipinski definition) is 3. The predicted octanol–water partition coefficient (Wildman–Crippen LogP) is 0.641. The van der Waals surface area contributed by atoms with Gasteiger partial charge in [0.1, 0.15) is 0 Å². The summed E-state index contributed by atoms with van der Waals surface area (Å²) in [4.78, 5) is 0. The summed E-state index contributed by atoms with van der Waals surface area (Å²) in [5, 5.41) is 14.5. The molecule has 1 aliphatic rings. The maximum atomic E-state index is 11.9. The van der Waals surface area contributed by atoms with Gasteiger partial charge in [-0.25, -0.2) is 0 Å². The van der Waals surface area contributed by atoms with Crippen LogP contribution in [0.2, 0.25) is 0 Å². The Labute approximate surface area is 87.0 Å². The fourth-order valence-corrected chi connectivity index (χ4v) is 1.61. The van der Waals surface area contributed by atoms with Gasteiger partial charge in [0.15, 0.2) is 6.10 Å². The molecule has 1 fully saturated rings. The molecule has 1 heterocycles. The van der Waals surface area contributed by atoms with Gasteiger partial charge in [-0.2, -0.15) is 13.2 Å². The first-order chi connectivity index (χ1) is 7.00. The fraction of sp³-hybridized carbons (Fsp3) is 1.00. The van der Waals surface area contributed by atoms with E-state index < -0.39 is 18.8 Å². The largest absolute Gasteiger partial charge is 0.415 e. The van der Waals surface area contributed by atoms with E-state index in [1.165, 1.54) is 0 Å². The molecule has 0 amide bonds. The monoisotopic (exact) mass is 226 g/mol. The van der Waals surface area contributed by atoms with Gasteiger partial charge >= 0.3 is 6.18 Å². The SMILES string of the molecule is OC(CNCC1CCCCN1)C(F)(F)F. The number of alkyl halides is 3. The highest BCUT2D eigenvalue weighted by atomic mass is 19.4. The Bertz CT molecular complexity index is 181. The topological polar surface area (TPSA) is 44.3 Å². The molecule has 0 radical (unpaired) electrons. The van der Waals surface area contributed by atoms with Crippen LogP contribution in [0.1, 0.15) is 19.3 Å². The van der Waals surface area contributed by atoms with Gasteiger partial charge in [-0.1, -0.05) is 6.42 Å². The first kappa shape index (κ1) is 12.7. The van der Waals surface area contributed by atoms with Crippen molar-refractivity contribution in [3.63, 3.8) is 0 Å². The minimum atomic E-state index is -4.52. The normalized spacial score (nSPS) is 25.2. The van der Waals surface area contributed by atoms with Gasteiger partial charge in [0.05, 0.1) is 0 Å². The Hall–Kier alpha value is -0.330. The molecule has 1 rings (SSSR count). The van der Waals surface area contributed by atoms with Crippen molar-refractivity contribution in [3.8, 4) is 0 Å². The summed E-state index contributed by atoms with van der Waals surface area (Å²) in [6, 6.07) is 0.235. The summed E-state index contributed by atoms with van der Waals surface area (Å²) < 4.78 is 35.7. The maximum absolute atomic E-state index is 11.9. The van der Waals surface area contributed by atoms with Crippen molar-refractivity contribution in [2.75, 3.05) is 19.6 Å². The van der Waals surface area contributed by atoms with E-state index in [-0.39, 0.29) is 6.04 Å². The molecule has 1 saturated heterocycles. The standard InChI is InChI=1S/C9H17F3N2O/c10-9(11,12)8(15)6-13-5-7-3-1-2-4-14-7/h7-8,13-15H,1-6H2. The lowest BCUT2D eigenvalue weighted by Crippen LogP contribution is -2.45. The minimum Gasteiger partial charge on any atom is -0.382 e. The minimum absolute atomic E-state index is 0.235. The van der Waals surface area contributed by atoms with E-state index in [1.807, 2.05) is 0 Å². The molecule has 0 aromatic heterocycles. The van der Waals surface area contributed by atoms with Gasteiger partial charge in [0.25, 0.3) is 0 Å². The van der Waals surface area contributed by atoms with Crippen LogP contribution >= 0.6 is 0 Å². The van der Waals surface area contributed by atoms with Crippen LogP contribution in [0, 0.1) is 0 Å². The van der Waals surface area contributed by atoms with Gasteiger partial charge in [-0.15, -0.1) is 0 Å². The molecule has 0 aliphatic carbocycles. The van der Waals surface area contributed by atoms with E-state index in [0.717, 1.165) is 25.8 Å². The van der Waals surface area contributed by atoms with E-state index in [9.17, 15) is 13.2 Å². The average molecular weight is 226 g/mol. The van der Waals surface area contributed by atoms with Crippen LogP contribution in [-0.4, -0.2) is 43.1 Å². The van der Waals surface area contributed by atoms with Gasteiger partial charge < -0.3 is 15.7 Å². The van der Waals surface area contributed by atoms with Crippen molar-refractivity contribution in [3.05, 3.63) is 0 Å². The van der Waals surface area contributed by atoms with Crippen molar-refractivity contribution in [1.82, 2.24) is 10.6 Å². The third-order valence-electron chi connectivity index (χ3n) is 2.52. The summed E-state index contributed by atoms with van der Waals surface area (Å²) >= 11 is 0. The summed E-state index contributed by atoms with van der Waals surface area (Å²) in [7, 11) is 0. The van der Waals surface area contributed by atoms with Crippen molar-refractivity contribution < 1.29 is 18.3 Å². The average Bonchev–Trinajstić information content (AvgIpc) is 2.18. The number of aliphatic hydroxyl groups is 1. The number of rotatable bonds is 4. The zero-order valence-corrected chi connectivity index (χ0v) is 8.48. The zero-order chi connectivity index (χ0) is 11.3. The fourth-order valence-electron chi connectivity index (χ4n) is 1.61. The van der Waals surface area contributed by atoms with Crippen molar-refractivity contribution in [1.29, 1.82) is 0 Å². The molecular weight excluding hydrogens is 209 g/mol. The smallest absolute Gasteiger partial charge is 0.382 e. The lowest BCUT2D eigenvalue weighted by molar-refractivity contribution is -0.201. The number of halogens is 3. The zero-order valence-electron chi connectivity index (χ0n) is 8.48. The molecule has 0 saturated carbocycles. The molecule has 6 heteroatoms. The third kappa shape index (κ3) is 4.81. The van der Waals surface area contributed by atoms with E-state index in [1.54, 1.807) is 0 Å². The quantitative estimate of drug-likeness (QED) is 0.659. The number of hydrogen-bond donors (Lipinski definition) is 3. The Morgan fingerprint density at radius 3 is 2.67 bits per heavy atom. The number of aliphatic hydroxyl groups excluding tert-OH is 1. The van der Waals surface area contributed by atoms with Crippen LogP contribution in [0.4, 0.5) is 13.2 Å². The Kier molecular flexibility index (Phi) is 4.82. The van der Waals surface area contributed by atoms with Crippen molar-refractivity contribution in [2.45, 2.75) is 37.6 Å². The van der Waals surface area contributed by atoms with Crippen LogP contribution in [0.5, 0.6) is 0 Å². The van der Waals surface area contributed by atoms with E-state index in [0.29, 0.717) is 6.54 Å². The molecule has 3 N–H and O–H groups in total. The third-order valence-corrected chi connectivity index (χ3v) is 2.52.